The van der Waals surface area contributed by atoms with E-state index in [0.717, 1.165) is 4.90 Å². The summed E-state index contributed by atoms with van der Waals surface area (Å²) in [4.78, 5) is 12.2. The second-order valence-electron chi connectivity index (χ2n) is 3.24. The van der Waals surface area contributed by atoms with E-state index in [-0.39, 0.29) is 10.8 Å². The molecule has 0 fully saturated rings. The Morgan fingerprint density at radius 1 is 1.38 bits per heavy atom. The van der Waals surface area contributed by atoms with Gasteiger partial charge < -0.3 is 5.32 Å². The molecule has 1 aromatic rings. The number of hydrogen-bond acceptors (Lipinski definition) is 4. The van der Waals surface area contributed by atoms with Crippen LogP contribution in [-0.2, 0) is 13.8 Å². The summed E-state index contributed by atoms with van der Waals surface area (Å²) >= 11 is 1.51. The summed E-state index contributed by atoms with van der Waals surface area (Å²) in [5, 5.41) is 2.65. The van der Waals surface area contributed by atoms with E-state index in [0.29, 0.717) is 17.9 Å². The van der Waals surface area contributed by atoms with Gasteiger partial charge in [0.1, 0.15) is 0 Å². The van der Waals surface area contributed by atoms with Crippen molar-refractivity contribution < 1.29 is 13.2 Å². The SMILES string of the molecule is O=C1CCSc2ccc(S(=O)(=O)Cl)cc2N1. The van der Waals surface area contributed by atoms with Gasteiger partial charge in [-0.1, -0.05) is 0 Å². The highest BCUT2D eigenvalue weighted by molar-refractivity contribution is 8.13. The van der Waals surface area contributed by atoms with Gasteiger partial charge in [0.2, 0.25) is 5.91 Å². The van der Waals surface area contributed by atoms with Crippen LogP contribution in [0.25, 0.3) is 0 Å². The van der Waals surface area contributed by atoms with Gasteiger partial charge in [0.05, 0.1) is 10.6 Å². The van der Waals surface area contributed by atoms with Crippen LogP contribution in [0.1, 0.15) is 6.42 Å². The number of thioether (sulfide) groups is 1. The van der Waals surface area contributed by atoms with Crippen molar-refractivity contribution in [2.75, 3.05) is 11.1 Å². The van der Waals surface area contributed by atoms with Crippen molar-refractivity contribution >= 4 is 43.1 Å². The lowest BCUT2D eigenvalue weighted by Crippen LogP contribution is -2.10. The number of amides is 1. The monoisotopic (exact) mass is 277 g/mol. The predicted molar refractivity (Wildman–Crippen MR) is 63.5 cm³/mol. The van der Waals surface area contributed by atoms with E-state index in [1.54, 1.807) is 6.07 Å². The van der Waals surface area contributed by atoms with Crippen molar-refractivity contribution in [1.82, 2.24) is 0 Å². The number of benzene rings is 1. The molecule has 0 unspecified atom stereocenters. The molecule has 1 aromatic carbocycles. The normalized spacial score (nSPS) is 16.2. The van der Waals surface area contributed by atoms with Crippen molar-refractivity contribution in [1.29, 1.82) is 0 Å². The van der Waals surface area contributed by atoms with Gasteiger partial charge in [0, 0.05) is 27.8 Å². The molecule has 0 spiro atoms. The van der Waals surface area contributed by atoms with Crippen LogP contribution in [0, 0.1) is 0 Å². The maximum absolute atomic E-state index is 11.3. The van der Waals surface area contributed by atoms with E-state index in [1.165, 1.54) is 23.9 Å². The summed E-state index contributed by atoms with van der Waals surface area (Å²) in [5.74, 6) is 0.571. The fourth-order valence-electron chi connectivity index (χ4n) is 1.35. The number of nitrogens with one attached hydrogen (secondary N) is 1. The topological polar surface area (TPSA) is 63.2 Å². The molecule has 0 radical (unpaired) electrons. The van der Waals surface area contributed by atoms with Gasteiger partial charge in [-0.05, 0) is 18.2 Å². The van der Waals surface area contributed by atoms with E-state index in [4.69, 9.17) is 10.7 Å². The summed E-state index contributed by atoms with van der Waals surface area (Å²) in [6, 6.07) is 4.47. The van der Waals surface area contributed by atoms with Gasteiger partial charge in [-0.25, -0.2) is 8.42 Å². The molecule has 16 heavy (non-hydrogen) atoms. The molecule has 0 atom stereocenters. The second kappa shape index (κ2) is 4.27. The van der Waals surface area contributed by atoms with Crippen LogP contribution < -0.4 is 5.32 Å². The van der Waals surface area contributed by atoms with E-state index >= 15 is 0 Å². The Labute approximate surface area is 102 Å². The first-order chi connectivity index (χ1) is 7.47. The number of carbonyl (C=O) groups excluding carboxylic acids is 1. The predicted octanol–water partition coefficient (Wildman–Crippen LogP) is 2.05. The number of anilines is 1. The third-order valence-corrected chi connectivity index (χ3v) is 4.52. The molecule has 0 aromatic heterocycles. The Kier molecular flexibility index (Phi) is 3.14. The van der Waals surface area contributed by atoms with Crippen molar-refractivity contribution in [2.45, 2.75) is 16.2 Å². The zero-order chi connectivity index (χ0) is 11.8. The minimum atomic E-state index is -3.75. The molecular formula is C9H8ClNO3S2. The van der Waals surface area contributed by atoms with E-state index in [1.807, 2.05) is 0 Å². The number of halogens is 1. The highest BCUT2D eigenvalue weighted by atomic mass is 35.7. The Balaban J connectivity index is 2.49. The Hall–Kier alpha value is -0.720. The average Bonchev–Trinajstić information content (AvgIpc) is 2.35. The van der Waals surface area contributed by atoms with Crippen LogP contribution >= 0.6 is 22.4 Å². The first kappa shape index (κ1) is 11.8. The molecule has 1 N–H and O–H groups in total. The van der Waals surface area contributed by atoms with Crippen molar-refractivity contribution in [3.63, 3.8) is 0 Å². The lowest BCUT2D eigenvalue weighted by atomic mass is 10.3. The minimum Gasteiger partial charge on any atom is -0.325 e. The lowest BCUT2D eigenvalue weighted by Gasteiger charge is -2.06. The molecule has 2 rings (SSSR count). The maximum atomic E-state index is 11.3. The smallest absolute Gasteiger partial charge is 0.261 e. The highest BCUT2D eigenvalue weighted by Crippen LogP contribution is 2.33. The molecular weight excluding hydrogens is 270 g/mol. The zero-order valence-electron chi connectivity index (χ0n) is 8.07. The van der Waals surface area contributed by atoms with E-state index < -0.39 is 9.05 Å². The van der Waals surface area contributed by atoms with Gasteiger partial charge in [-0.3, -0.25) is 4.79 Å². The minimum absolute atomic E-state index is 0.00397. The fourth-order valence-corrected chi connectivity index (χ4v) is 3.06. The second-order valence-corrected chi connectivity index (χ2v) is 6.95. The summed E-state index contributed by atoms with van der Waals surface area (Å²) in [7, 11) is 1.48. The lowest BCUT2D eigenvalue weighted by molar-refractivity contribution is -0.115. The molecule has 1 aliphatic heterocycles. The standard InChI is InChI=1S/C9H8ClNO3S2/c10-16(13,14)6-1-2-8-7(5-6)11-9(12)3-4-15-8/h1-2,5H,3-4H2,(H,11,12). The molecule has 0 saturated carbocycles. The first-order valence-electron chi connectivity index (χ1n) is 4.48. The molecule has 4 nitrogen and oxygen atoms in total. The van der Waals surface area contributed by atoms with Gasteiger partial charge >= 0.3 is 0 Å². The Bertz CT molecular complexity index is 542. The molecule has 1 amide bonds. The molecule has 0 bridgehead atoms. The van der Waals surface area contributed by atoms with Crippen LogP contribution in [0.4, 0.5) is 5.69 Å². The van der Waals surface area contributed by atoms with Crippen LogP contribution in [0.15, 0.2) is 28.0 Å². The fraction of sp³-hybridized carbons (Fsp3) is 0.222. The average molecular weight is 278 g/mol. The molecule has 86 valence electrons. The molecule has 1 aliphatic rings. The van der Waals surface area contributed by atoms with Gasteiger partial charge in [0.15, 0.2) is 0 Å². The van der Waals surface area contributed by atoms with Crippen molar-refractivity contribution in [3.05, 3.63) is 18.2 Å². The Morgan fingerprint density at radius 2 is 2.12 bits per heavy atom. The third kappa shape index (κ3) is 2.50. The Morgan fingerprint density at radius 3 is 2.81 bits per heavy atom. The molecule has 0 saturated heterocycles. The van der Waals surface area contributed by atoms with E-state index in [9.17, 15) is 13.2 Å². The summed E-state index contributed by atoms with van der Waals surface area (Å²) in [5.41, 5.74) is 0.509. The van der Waals surface area contributed by atoms with Gasteiger partial charge in [-0.2, -0.15) is 0 Å². The van der Waals surface area contributed by atoms with Crippen LogP contribution in [0.5, 0.6) is 0 Å². The number of fused-ring (bicyclic) bond motifs is 1. The number of rotatable bonds is 1. The van der Waals surface area contributed by atoms with Gasteiger partial charge in [-0.15, -0.1) is 11.8 Å². The molecule has 1 heterocycles. The quantitative estimate of drug-likeness (QED) is 0.798. The van der Waals surface area contributed by atoms with E-state index in [2.05, 4.69) is 5.32 Å². The summed E-state index contributed by atoms with van der Waals surface area (Å²) in [6.45, 7) is 0. The van der Waals surface area contributed by atoms with Crippen molar-refractivity contribution in [2.24, 2.45) is 0 Å². The molecule has 0 aliphatic carbocycles. The zero-order valence-corrected chi connectivity index (χ0v) is 10.5. The summed E-state index contributed by atoms with van der Waals surface area (Å²) < 4.78 is 22.3. The largest absolute Gasteiger partial charge is 0.325 e. The summed E-state index contributed by atoms with van der Waals surface area (Å²) in [6.07, 6.45) is 0.419. The van der Waals surface area contributed by atoms with Crippen molar-refractivity contribution in [3.8, 4) is 0 Å². The van der Waals surface area contributed by atoms with Crippen LogP contribution in [0.3, 0.4) is 0 Å². The van der Waals surface area contributed by atoms with Gasteiger partial charge in [0.25, 0.3) is 9.05 Å². The maximum Gasteiger partial charge on any atom is 0.261 e. The third-order valence-electron chi connectivity index (χ3n) is 2.09. The number of hydrogen-bond donors (Lipinski definition) is 1. The first-order valence-corrected chi connectivity index (χ1v) is 7.78. The highest BCUT2D eigenvalue weighted by Gasteiger charge is 2.17. The molecule has 7 heteroatoms. The number of carbonyl (C=O) groups is 1. The van der Waals surface area contributed by atoms with Crippen LogP contribution in [-0.4, -0.2) is 20.1 Å². The van der Waals surface area contributed by atoms with Crippen LogP contribution in [0.2, 0.25) is 0 Å².